The number of hydrogen-bond donors (Lipinski definition) is 1. The number of likely N-dealkylation sites (N-methyl/N-ethyl adjacent to an activating group) is 1. The Bertz CT molecular complexity index is 591. The van der Waals surface area contributed by atoms with Crippen LogP contribution in [0.3, 0.4) is 0 Å². The van der Waals surface area contributed by atoms with Gasteiger partial charge in [-0.2, -0.15) is 0 Å². The van der Waals surface area contributed by atoms with Crippen molar-refractivity contribution in [1.29, 1.82) is 0 Å². The molecule has 6 heteroatoms. The highest BCUT2D eigenvalue weighted by atomic mass is 32.1. The molecule has 1 N–H and O–H groups in total. The summed E-state index contributed by atoms with van der Waals surface area (Å²) in [6.07, 6.45) is 2.75. The first-order valence-electron chi connectivity index (χ1n) is 7.65. The molecule has 1 aliphatic rings. The maximum Gasteiger partial charge on any atom is 0.140 e. The van der Waals surface area contributed by atoms with Crippen LogP contribution in [0.15, 0.2) is 12.4 Å². The van der Waals surface area contributed by atoms with E-state index in [9.17, 15) is 0 Å². The van der Waals surface area contributed by atoms with Gasteiger partial charge in [0.2, 0.25) is 0 Å². The smallest absolute Gasteiger partial charge is 0.140 e. The lowest BCUT2D eigenvalue weighted by molar-refractivity contribution is 0.246. The van der Waals surface area contributed by atoms with E-state index in [1.54, 1.807) is 17.7 Å². The number of piperazine rings is 1. The molecule has 0 radical (unpaired) electrons. The highest BCUT2D eigenvalue weighted by Crippen LogP contribution is 2.29. The maximum atomic E-state index is 4.51. The van der Waals surface area contributed by atoms with E-state index >= 15 is 0 Å². The van der Waals surface area contributed by atoms with Gasteiger partial charge in [-0.25, -0.2) is 9.97 Å². The van der Waals surface area contributed by atoms with Crippen LogP contribution in [0.2, 0.25) is 0 Å². The number of hydrogen-bond acceptors (Lipinski definition) is 6. The van der Waals surface area contributed by atoms with E-state index in [4.69, 9.17) is 0 Å². The van der Waals surface area contributed by atoms with Gasteiger partial charge in [0.15, 0.2) is 0 Å². The molecule has 3 heterocycles. The number of fused-ring (bicyclic) bond motifs is 1. The summed E-state index contributed by atoms with van der Waals surface area (Å²) in [5.41, 5.74) is 0. The zero-order valence-electron chi connectivity index (χ0n) is 12.8. The number of anilines is 1. The van der Waals surface area contributed by atoms with Gasteiger partial charge in [0.05, 0.1) is 5.39 Å². The fourth-order valence-electron chi connectivity index (χ4n) is 2.70. The van der Waals surface area contributed by atoms with Gasteiger partial charge >= 0.3 is 0 Å². The molecule has 0 unspecified atom stereocenters. The van der Waals surface area contributed by atoms with Crippen molar-refractivity contribution in [3.63, 3.8) is 0 Å². The van der Waals surface area contributed by atoms with Crippen molar-refractivity contribution in [2.24, 2.45) is 0 Å². The Morgan fingerprint density at radius 2 is 2.14 bits per heavy atom. The monoisotopic (exact) mass is 305 g/mol. The predicted molar refractivity (Wildman–Crippen MR) is 89.4 cm³/mol. The van der Waals surface area contributed by atoms with Crippen molar-refractivity contribution >= 4 is 27.4 Å². The number of nitrogens with zero attached hydrogens (tertiary/aromatic N) is 4. The average molecular weight is 305 g/mol. The molecular weight excluding hydrogens is 282 g/mol. The first-order valence-corrected chi connectivity index (χ1v) is 8.47. The normalized spacial score (nSPS) is 16.5. The van der Waals surface area contributed by atoms with Crippen LogP contribution in [0.1, 0.15) is 11.8 Å². The summed E-state index contributed by atoms with van der Waals surface area (Å²) in [4.78, 5) is 16.2. The van der Waals surface area contributed by atoms with Gasteiger partial charge in [-0.1, -0.05) is 6.92 Å². The Morgan fingerprint density at radius 3 is 2.90 bits per heavy atom. The molecule has 114 valence electrons. The molecule has 0 amide bonds. The topological polar surface area (TPSA) is 44.3 Å². The molecule has 1 fully saturated rings. The Hall–Kier alpha value is -1.24. The molecule has 2 aromatic rings. The molecule has 0 spiro atoms. The van der Waals surface area contributed by atoms with E-state index in [1.807, 2.05) is 0 Å². The average Bonchev–Trinajstić information content (AvgIpc) is 2.96. The summed E-state index contributed by atoms with van der Waals surface area (Å²) in [5, 5.41) is 4.59. The van der Waals surface area contributed by atoms with Crippen LogP contribution in [-0.4, -0.2) is 61.2 Å². The van der Waals surface area contributed by atoms with E-state index in [0.717, 1.165) is 56.3 Å². The minimum absolute atomic E-state index is 1.00. The highest BCUT2D eigenvalue weighted by Gasteiger charge is 2.14. The molecule has 2 aromatic heterocycles. The number of nitrogens with one attached hydrogen (secondary N) is 1. The molecule has 21 heavy (non-hydrogen) atoms. The molecule has 1 aliphatic heterocycles. The van der Waals surface area contributed by atoms with E-state index < -0.39 is 0 Å². The van der Waals surface area contributed by atoms with Gasteiger partial charge in [-0.3, -0.25) is 4.90 Å². The number of rotatable bonds is 5. The molecule has 0 saturated carbocycles. The van der Waals surface area contributed by atoms with Crippen molar-refractivity contribution in [2.75, 3.05) is 51.2 Å². The van der Waals surface area contributed by atoms with Gasteiger partial charge < -0.3 is 10.2 Å². The zero-order chi connectivity index (χ0) is 14.7. The van der Waals surface area contributed by atoms with Crippen LogP contribution in [-0.2, 0) is 6.42 Å². The minimum atomic E-state index is 1.00. The van der Waals surface area contributed by atoms with Crippen molar-refractivity contribution in [3.05, 3.63) is 17.3 Å². The quantitative estimate of drug-likeness (QED) is 0.909. The van der Waals surface area contributed by atoms with Gasteiger partial charge in [-0.15, -0.1) is 11.3 Å². The molecule has 0 bridgehead atoms. The Labute approximate surface area is 130 Å². The van der Waals surface area contributed by atoms with Gasteiger partial charge in [0.1, 0.15) is 17.0 Å². The second-order valence-electron chi connectivity index (χ2n) is 5.50. The summed E-state index contributed by atoms with van der Waals surface area (Å²) in [7, 11) is 2.13. The summed E-state index contributed by atoms with van der Waals surface area (Å²) < 4.78 is 0. The van der Waals surface area contributed by atoms with Crippen molar-refractivity contribution in [1.82, 2.24) is 20.2 Å². The van der Waals surface area contributed by atoms with Crippen LogP contribution >= 0.6 is 11.3 Å². The summed E-state index contributed by atoms with van der Waals surface area (Å²) >= 11 is 1.78. The van der Waals surface area contributed by atoms with Crippen molar-refractivity contribution in [2.45, 2.75) is 13.3 Å². The molecule has 1 saturated heterocycles. The van der Waals surface area contributed by atoms with Crippen LogP contribution in [0.5, 0.6) is 0 Å². The SMILES string of the molecule is CCc1cc2c(N(C)CCN3CCNCC3)ncnc2s1. The van der Waals surface area contributed by atoms with Crippen LogP contribution < -0.4 is 10.2 Å². The number of thiophene rings is 1. The van der Waals surface area contributed by atoms with Crippen molar-refractivity contribution in [3.8, 4) is 0 Å². The van der Waals surface area contributed by atoms with E-state index in [1.165, 1.54) is 10.3 Å². The van der Waals surface area contributed by atoms with E-state index in [-0.39, 0.29) is 0 Å². The van der Waals surface area contributed by atoms with Crippen LogP contribution in [0, 0.1) is 0 Å². The fourth-order valence-corrected chi connectivity index (χ4v) is 3.63. The number of aryl methyl sites for hydroxylation is 1. The summed E-state index contributed by atoms with van der Waals surface area (Å²) in [6.45, 7) is 8.78. The zero-order valence-corrected chi connectivity index (χ0v) is 13.6. The molecule has 5 nitrogen and oxygen atoms in total. The number of aromatic nitrogens is 2. The lowest BCUT2D eigenvalue weighted by atomic mass is 10.3. The Kier molecular flexibility index (Phi) is 4.67. The summed E-state index contributed by atoms with van der Waals surface area (Å²) in [6, 6.07) is 2.25. The molecule has 0 atom stereocenters. The van der Waals surface area contributed by atoms with Crippen molar-refractivity contribution < 1.29 is 0 Å². The highest BCUT2D eigenvalue weighted by molar-refractivity contribution is 7.18. The largest absolute Gasteiger partial charge is 0.358 e. The van der Waals surface area contributed by atoms with Crippen LogP contribution in [0.4, 0.5) is 5.82 Å². The lowest BCUT2D eigenvalue weighted by Gasteiger charge is -2.29. The van der Waals surface area contributed by atoms with Gasteiger partial charge in [0, 0.05) is 51.2 Å². The third-order valence-electron chi connectivity index (χ3n) is 4.03. The molecule has 3 rings (SSSR count). The van der Waals surface area contributed by atoms with Crippen LogP contribution in [0.25, 0.3) is 10.2 Å². The second kappa shape index (κ2) is 6.68. The Morgan fingerprint density at radius 1 is 1.33 bits per heavy atom. The Balaban J connectivity index is 1.71. The van der Waals surface area contributed by atoms with Gasteiger partial charge in [-0.05, 0) is 12.5 Å². The van der Waals surface area contributed by atoms with E-state index in [2.05, 4.69) is 45.1 Å². The maximum absolute atomic E-state index is 4.51. The standard InChI is InChI=1S/C15H23N5S/c1-3-12-10-13-14(17-11-18-15(13)21-12)19(2)8-9-20-6-4-16-5-7-20/h10-11,16H,3-9H2,1-2H3. The lowest BCUT2D eigenvalue weighted by Crippen LogP contribution is -2.46. The minimum Gasteiger partial charge on any atom is -0.358 e. The first kappa shape index (κ1) is 14.7. The summed E-state index contributed by atoms with van der Waals surface area (Å²) in [5.74, 6) is 1.06. The molecular formula is C15H23N5S. The predicted octanol–water partition coefficient (Wildman–Crippen LogP) is 1.60. The second-order valence-corrected chi connectivity index (χ2v) is 6.61. The third-order valence-corrected chi connectivity index (χ3v) is 5.22. The molecule has 0 aromatic carbocycles. The third kappa shape index (κ3) is 3.33. The fraction of sp³-hybridized carbons (Fsp3) is 0.600. The van der Waals surface area contributed by atoms with Gasteiger partial charge in [0.25, 0.3) is 0 Å². The first-order chi connectivity index (χ1) is 10.3. The molecule has 0 aliphatic carbocycles. The van der Waals surface area contributed by atoms with E-state index in [0.29, 0.717) is 0 Å².